The molecule has 1 aliphatic heterocycles. The summed E-state index contributed by atoms with van der Waals surface area (Å²) in [6.45, 7) is 8.28. The molecular formula is C18H28N2O5S. The summed E-state index contributed by atoms with van der Waals surface area (Å²) >= 11 is 0. The van der Waals surface area contributed by atoms with Gasteiger partial charge in [0, 0.05) is 19.2 Å². The minimum absolute atomic E-state index is 0.0449. The van der Waals surface area contributed by atoms with E-state index in [-0.39, 0.29) is 35.6 Å². The van der Waals surface area contributed by atoms with Crippen LogP contribution in [-0.2, 0) is 19.5 Å². The SMILES string of the molecule is COCCNS(=O)(=O)c1cccc(C(=O)N[C@@H]2CC(C)(C)OC2(C)C)c1. The average molecular weight is 384 g/mol. The maximum Gasteiger partial charge on any atom is 0.251 e. The van der Waals surface area contributed by atoms with Crippen LogP contribution < -0.4 is 10.0 Å². The van der Waals surface area contributed by atoms with Crippen molar-refractivity contribution < 1.29 is 22.7 Å². The lowest BCUT2D eigenvalue weighted by atomic mass is 9.94. The van der Waals surface area contributed by atoms with Gasteiger partial charge in [0.25, 0.3) is 5.91 Å². The number of carbonyl (C=O) groups is 1. The molecule has 1 aromatic carbocycles. The summed E-state index contributed by atoms with van der Waals surface area (Å²) in [5, 5.41) is 2.97. The number of nitrogens with one attached hydrogen (secondary N) is 2. The number of amides is 1. The van der Waals surface area contributed by atoms with Gasteiger partial charge in [-0.15, -0.1) is 0 Å². The van der Waals surface area contributed by atoms with Gasteiger partial charge in [0.2, 0.25) is 10.0 Å². The number of hydrogen-bond donors (Lipinski definition) is 2. The van der Waals surface area contributed by atoms with Crippen LogP contribution in [0.15, 0.2) is 29.2 Å². The number of sulfonamides is 1. The van der Waals surface area contributed by atoms with Gasteiger partial charge in [0.05, 0.1) is 28.7 Å². The molecule has 1 atom stereocenters. The molecule has 1 aliphatic rings. The first kappa shape index (κ1) is 20.8. The minimum atomic E-state index is -3.69. The number of rotatable bonds is 7. The summed E-state index contributed by atoms with van der Waals surface area (Å²) in [6.07, 6.45) is 0.683. The first-order valence-electron chi connectivity index (χ1n) is 8.56. The molecule has 146 valence electrons. The Kier molecular flexibility index (Phi) is 6.12. The van der Waals surface area contributed by atoms with Crippen LogP contribution >= 0.6 is 0 Å². The van der Waals surface area contributed by atoms with Gasteiger partial charge in [-0.1, -0.05) is 6.07 Å². The van der Waals surface area contributed by atoms with Crippen LogP contribution in [0.2, 0.25) is 0 Å². The number of methoxy groups -OCH3 is 1. The Hall–Kier alpha value is -1.48. The van der Waals surface area contributed by atoms with Crippen molar-refractivity contribution in [2.75, 3.05) is 20.3 Å². The van der Waals surface area contributed by atoms with Crippen LogP contribution in [0.25, 0.3) is 0 Å². The van der Waals surface area contributed by atoms with Crippen molar-refractivity contribution in [1.29, 1.82) is 0 Å². The summed E-state index contributed by atoms with van der Waals surface area (Å²) in [5.41, 5.74) is -0.525. The summed E-state index contributed by atoms with van der Waals surface area (Å²) in [6, 6.07) is 5.82. The fourth-order valence-electron chi connectivity index (χ4n) is 3.19. The highest BCUT2D eigenvalue weighted by atomic mass is 32.2. The van der Waals surface area contributed by atoms with Crippen molar-refractivity contribution in [2.24, 2.45) is 0 Å². The predicted octanol–water partition coefficient (Wildman–Crippen LogP) is 1.69. The standard InChI is InChI=1S/C18H28N2O5S/c1-17(2)12-15(18(3,4)25-17)20-16(21)13-7-6-8-14(11-13)26(22,23)19-9-10-24-5/h6-8,11,15,19H,9-10,12H2,1-5H3,(H,20,21)/t15-/m1/s1. The fourth-order valence-corrected chi connectivity index (χ4v) is 4.25. The first-order valence-corrected chi connectivity index (χ1v) is 10.0. The van der Waals surface area contributed by atoms with Gasteiger partial charge in [-0.2, -0.15) is 0 Å². The van der Waals surface area contributed by atoms with Crippen molar-refractivity contribution in [3.8, 4) is 0 Å². The minimum Gasteiger partial charge on any atom is -0.383 e. The lowest BCUT2D eigenvalue weighted by molar-refractivity contribution is -0.0693. The summed E-state index contributed by atoms with van der Waals surface area (Å²) in [7, 11) is -2.20. The van der Waals surface area contributed by atoms with Crippen molar-refractivity contribution in [2.45, 2.75) is 56.3 Å². The Morgan fingerprint density at radius 2 is 2.00 bits per heavy atom. The third kappa shape index (κ3) is 5.03. The number of carbonyl (C=O) groups excluding carboxylic acids is 1. The van der Waals surface area contributed by atoms with E-state index in [2.05, 4.69) is 10.0 Å². The summed E-state index contributed by atoms with van der Waals surface area (Å²) < 4.78 is 37.9. The zero-order chi connectivity index (χ0) is 19.6. The van der Waals surface area contributed by atoms with Gasteiger partial charge in [0.1, 0.15) is 0 Å². The van der Waals surface area contributed by atoms with Crippen LogP contribution in [0.4, 0.5) is 0 Å². The van der Waals surface area contributed by atoms with E-state index in [1.54, 1.807) is 12.1 Å². The lowest BCUT2D eigenvalue weighted by Crippen LogP contribution is -2.46. The van der Waals surface area contributed by atoms with Crippen molar-refractivity contribution in [3.63, 3.8) is 0 Å². The van der Waals surface area contributed by atoms with E-state index in [0.29, 0.717) is 12.0 Å². The Labute approximate surface area is 155 Å². The van der Waals surface area contributed by atoms with Crippen LogP contribution in [0, 0.1) is 0 Å². The second kappa shape index (κ2) is 7.64. The third-order valence-corrected chi connectivity index (χ3v) is 5.84. The Morgan fingerprint density at radius 3 is 2.58 bits per heavy atom. The molecule has 26 heavy (non-hydrogen) atoms. The zero-order valence-electron chi connectivity index (χ0n) is 16.0. The third-order valence-electron chi connectivity index (χ3n) is 4.38. The number of hydrogen-bond acceptors (Lipinski definition) is 5. The second-order valence-electron chi connectivity index (χ2n) is 7.61. The Bertz CT molecular complexity index is 759. The topological polar surface area (TPSA) is 93.7 Å². The normalized spacial score (nSPS) is 21.5. The number of benzene rings is 1. The van der Waals surface area contributed by atoms with Crippen LogP contribution in [-0.4, -0.2) is 51.8 Å². The van der Waals surface area contributed by atoms with Crippen LogP contribution in [0.5, 0.6) is 0 Å². The highest BCUT2D eigenvalue weighted by Gasteiger charge is 2.46. The highest BCUT2D eigenvalue weighted by molar-refractivity contribution is 7.89. The van der Waals surface area contributed by atoms with Crippen molar-refractivity contribution >= 4 is 15.9 Å². The molecule has 0 saturated carbocycles. The van der Waals surface area contributed by atoms with E-state index >= 15 is 0 Å². The van der Waals surface area contributed by atoms with E-state index in [4.69, 9.17) is 9.47 Å². The molecule has 1 heterocycles. The molecule has 0 bridgehead atoms. The molecule has 1 saturated heterocycles. The molecule has 8 heteroatoms. The lowest BCUT2D eigenvalue weighted by Gasteiger charge is -2.27. The Morgan fingerprint density at radius 1 is 1.31 bits per heavy atom. The smallest absolute Gasteiger partial charge is 0.251 e. The van der Waals surface area contributed by atoms with Gasteiger partial charge < -0.3 is 14.8 Å². The van der Waals surface area contributed by atoms with Gasteiger partial charge >= 0.3 is 0 Å². The monoisotopic (exact) mass is 384 g/mol. The average Bonchev–Trinajstić information content (AvgIpc) is 2.74. The quantitative estimate of drug-likeness (QED) is 0.698. The fraction of sp³-hybridized carbons (Fsp3) is 0.611. The van der Waals surface area contributed by atoms with Gasteiger partial charge in [-0.3, -0.25) is 4.79 Å². The van der Waals surface area contributed by atoms with Crippen LogP contribution in [0.1, 0.15) is 44.5 Å². The van der Waals surface area contributed by atoms with E-state index in [9.17, 15) is 13.2 Å². The van der Waals surface area contributed by atoms with Gasteiger partial charge in [0.15, 0.2) is 0 Å². The maximum atomic E-state index is 12.6. The van der Waals surface area contributed by atoms with Crippen LogP contribution in [0.3, 0.4) is 0 Å². The summed E-state index contributed by atoms with van der Waals surface area (Å²) in [5.74, 6) is -0.321. The molecule has 0 aliphatic carbocycles. The van der Waals surface area contributed by atoms with E-state index in [0.717, 1.165) is 0 Å². The molecule has 1 amide bonds. The number of ether oxygens (including phenoxy) is 2. The molecule has 1 aromatic rings. The first-order chi connectivity index (χ1) is 12.0. The molecule has 0 spiro atoms. The van der Waals surface area contributed by atoms with E-state index in [1.165, 1.54) is 19.2 Å². The second-order valence-corrected chi connectivity index (χ2v) is 9.38. The largest absolute Gasteiger partial charge is 0.383 e. The van der Waals surface area contributed by atoms with E-state index < -0.39 is 15.6 Å². The maximum absolute atomic E-state index is 12.6. The molecule has 0 aromatic heterocycles. The highest BCUT2D eigenvalue weighted by Crippen LogP contribution is 2.37. The van der Waals surface area contributed by atoms with E-state index in [1.807, 2.05) is 27.7 Å². The molecule has 0 radical (unpaired) electrons. The van der Waals surface area contributed by atoms with Crippen molar-refractivity contribution in [3.05, 3.63) is 29.8 Å². The molecule has 0 unspecified atom stereocenters. The molecule has 2 N–H and O–H groups in total. The van der Waals surface area contributed by atoms with Gasteiger partial charge in [-0.05, 0) is 52.3 Å². The van der Waals surface area contributed by atoms with Gasteiger partial charge in [-0.25, -0.2) is 13.1 Å². The van der Waals surface area contributed by atoms with Crippen molar-refractivity contribution in [1.82, 2.24) is 10.0 Å². The molecule has 7 nitrogen and oxygen atoms in total. The predicted molar refractivity (Wildman–Crippen MR) is 98.6 cm³/mol. The molecule has 2 rings (SSSR count). The Balaban J connectivity index is 2.13. The zero-order valence-corrected chi connectivity index (χ0v) is 16.8. The summed E-state index contributed by atoms with van der Waals surface area (Å²) in [4.78, 5) is 12.7. The molecular weight excluding hydrogens is 356 g/mol. The molecule has 1 fully saturated rings.